The lowest BCUT2D eigenvalue weighted by molar-refractivity contribution is 0.0666. The van der Waals surface area contributed by atoms with Gasteiger partial charge in [-0.05, 0) is 7.05 Å². The SMILES string of the molecule is CN1CCN(NC(=O)c2cncs2)CC1. The summed E-state index contributed by atoms with van der Waals surface area (Å²) in [6, 6.07) is 0. The van der Waals surface area contributed by atoms with Crippen LogP contribution in [0.1, 0.15) is 9.67 Å². The van der Waals surface area contributed by atoms with Crippen molar-refractivity contribution in [3.8, 4) is 0 Å². The van der Waals surface area contributed by atoms with E-state index in [1.54, 1.807) is 11.7 Å². The summed E-state index contributed by atoms with van der Waals surface area (Å²) in [5.74, 6) is -0.0537. The normalized spacial score (nSPS) is 19.0. The molecule has 6 heteroatoms. The van der Waals surface area contributed by atoms with E-state index < -0.39 is 0 Å². The second-order valence-corrected chi connectivity index (χ2v) is 4.48. The van der Waals surface area contributed by atoms with Crippen molar-refractivity contribution in [3.05, 3.63) is 16.6 Å². The van der Waals surface area contributed by atoms with E-state index in [2.05, 4.69) is 22.4 Å². The average molecular weight is 226 g/mol. The van der Waals surface area contributed by atoms with E-state index in [-0.39, 0.29) is 5.91 Å². The number of amides is 1. The lowest BCUT2D eigenvalue weighted by Crippen LogP contribution is -2.52. The molecule has 1 fully saturated rings. The molecule has 5 nitrogen and oxygen atoms in total. The fourth-order valence-electron chi connectivity index (χ4n) is 1.44. The minimum atomic E-state index is -0.0537. The average Bonchev–Trinajstić information content (AvgIpc) is 2.74. The molecule has 1 saturated heterocycles. The molecule has 2 heterocycles. The van der Waals surface area contributed by atoms with Crippen molar-refractivity contribution in [3.63, 3.8) is 0 Å². The van der Waals surface area contributed by atoms with Crippen LogP contribution in [-0.4, -0.2) is 54.0 Å². The molecule has 1 aliphatic heterocycles. The Bertz CT molecular complexity index is 319. The molecule has 1 aliphatic rings. The van der Waals surface area contributed by atoms with Gasteiger partial charge in [0.25, 0.3) is 5.91 Å². The van der Waals surface area contributed by atoms with E-state index in [4.69, 9.17) is 0 Å². The number of hydrogen-bond acceptors (Lipinski definition) is 5. The summed E-state index contributed by atoms with van der Waals surface area (Å²) in [5, 5.41) is 1.96. The van der Waals surface area contributed by atoms with Crippen molar-refractivity contribution >= 4 is 17.2 Å². The molecule has 0 bridgehead atoms. The summed E-state index contributed by atoms with van der Waals surface area (Å²) in [6.07, 6.45) is 1.59. The number of nitrogens with one attached hydrogen (secondary N) is 1. The Morgan fingerprint density at radius 3 is 2.80 bits per heavy atom. The molecule has 0 spiro atoms. The predicted molar refractivity (Wildman–Crippen MR) is 58.7 cm³/mol. The first-order valence-electron chi connectivity index (χ1n) is 4.88. The van der Waals surface area contributed by atoms with Crippen molar-refractivity contribution in [2.24, 2.45) is 0 Å². The van der Waals surface area contributed by atoms with Crippen molar-refractivity contribution in [1.82, 2.24) is 20.3 Å². The Morgan fingerprint density at radius 2 is 2.20 bits per heavy atom. The third kappa shape index (κ3) is 2.74. The zero-order valence-corrected chi connectivity index (χ0v) is 9.46. The Labute approximate surface area is 92.7 Å². The van der Waals surface area contributed by atoms with E-state index >= 15 is 0 Å². The highest BCUT2D eigenvalue weighted by molar-refractivity contribution is 7.11. The second kappa shape index (κ2) is 4.69. The first-order chi connectivity index (χ1) is 7.25. The number of hydrazine groups is 1. The molecule has 2 rings (SSSR count). The molecule has 0 aromatic carbocycles. The second-order valence-electron chi connectivity index (χ2n) is 3.60. The lowest BCUT2D eigenvalue weighted by atomic mass is 10.4. The van der Waals surface area contributed by atoms with Gasteiger partial charge >= 0.3 is 0 Å². The van der Waals surface area contributed by atoms with Crippen LogP contribution in [0.2, 0.25) is 0 Å². The summed E-state index contributed by atoms with van der Waals surface area (Å²) in [4.78, 5) is 18.4. The zero-order valence-electron chi connectivity index (χ0n) is 8.64. The molecule has 82 valence electrons. The molecule has 0 aliphatic carbocycles. The van der Waals surface area contributed by atoms with Gasteiger partial charge < -0.3 is 4.90 Å². The third-order valence-corrected chi connectivity index (χ3v) is 3.19. The van der Waals surface area contributed by atoms with Crippen molar-refractivity contribution in [1.29, 1.82) is 0 Å². The quantitative estimate of drug-likeness (QED) is 0.773. The first kappa shape index (κ1) is 10.5. The number of carbonyl (C=O) groups excluding carboxylic acids is 1. The topological polar surface area (TPSA) is 48.5 Å². The van der Waals surface area contributed by atoms with Gasteiger partial charge in [-0.2, -0.15) is 0 Å². The molecule has 1 aromatic rings. The van der Waals surface area contributed by atoms with Crippen LogP contribution in [0, 0.1) is 0 Å². The van der Waals surface area contributed by atoms with Crippen LogP contribution in [-0.2, 0) is 0 Å². The van der Waals surface area contributed by atoms with Crippen LogP contribution < -0.4 is 5.43 Å². The van der Waals surface area contributed by atoms with Gasteiger partial charge in [-0.1, -0.05) is 0 Å². The molecular weight excluding hydrogens is 212 g/mol. The number of piperazine rings is 1. The van der Waals surface area contributed by atoms with Crippen LogP contribution in [0.15, 0.2) is 11.7 Å². The Balaban J connectivity index is 1.85. The van der Waals surface area contributed by atoms with Crippen LogP contribution >= 0.6 is 11.3 Å². The molecule has 1 aromatic heterocycles. The van der Waals surface area contributed by atoms with E-state index in [0.717, 1.165) is 26.2 Å². The van der Waals surface area contributed by atoms with E-state index in [1.807, 2.05) is 5.01 Å². The van der Waals surface area contributed by atoms with Gasteiger partial charge in [0, 0.05) is 26.2 Å². The molecule has 1 amide bonds. The highest BCUT2D eigenvalue weighted by Crippen LogP contribution is 2.05. The molecular formula is C9H14N4OS. The zero-order chi connectivity index (χ0) is 10.7. The summed E-state index contributed by atoms with van der Waals surface area (Å²) in [5.41, 5.74) is 4.55. The summed E-state index contributed by atoms with van der Waals surface area (Å²) in [7, 11) is 2.09. The first-order valence-corrected chi connectivity index (χ1v) is 5.76. The van der Waals surface area contributed by atoms with E-state index in [1.165, 1.54) is 11.3 Å². The van der Waals surface area contributed by atoms with E-state index in [0.29, 0.717) is 4.88 Å². The van der Waals surface area contributed by atoms with Crippen LogP contribution in [0.5, 0.6) is 0 Å². The Hall–Kier alpha value is -0.980. The largest absolute Gasteiger partial charge is 0.304 e. The fraction of sp³-hybridized carbons (Fsp3) is 0.556. The van der Waals surface area contributed by atoms with E-state index in [9.17, 15) is 4.79 Å². The van der Waals surface area contributed by atoms with Crippen LogP contribution in [0.4, 0.5) is 0 Å². The third-order valence-electron chi connectivity index (χ3n) is 2.42. The summed E-state index contributed by atoms with van der Waals surface area (Å²) in [6.45, 7) is 3.73. The van der Waals surface area contributed by atoms with Gasteiger partial charge in [0.1, 0.15) is 4.88 Å². The van der Waals surface area contributed by atoms with Gasteiger partial charge in [0.2, 0.25) is 0 Å². The van der Waals surface area contributed by atoms with Crippen molar-refractivity contribution in [2.45, 2.75) is 0 Å². The molecule has 0 saturated carbocycles. The molecule has 0 atom stereocenters. The maximum atomic E-state index is 11.7. The predicted octanol–water partition coefficient (Wildman–Crippen LogP) is 0.0353. The molecule has 0 radical (unpaired) electrons. The maximum absolute atomic E-state index is 11.7. The number of hydrogen-bond donors (Lipinski definition) is 1. The minimum absolute atomic E-state index is 0.0537. The van der Waals surface area contributed by atoms with Gasteiger partial charge in [-0.15, -0.1) is 11.3 Å². The number of nitrogens with zero attached hydrogens (tertiary/aromatic N) is 3. The Kier molecular flexibility index (Phi) is 3.30. The lowest BCUT2D eigenvalue weighted by Gasteiger charge is -2.32. The number of likely N-dealkylation sites (N-methyl/N-ethyl adjacent to an activating group) is 1. The maximum Gasteiger partial charge on any atom is 0.277 e. The number of rotatable bonds is 2. The monoisotopic (exact) mass is 226 g/mol. The molecule has 0 unspecified atom stereocenters. The highest BCUT2D eigenvalue weighted by atomic mass is 32.1. The van der Waals surface area contributed by atoms with Crippen LogP contribution in [0.3, 0.4) is 0 Å². The molecule has 15 heavy (non-hydrogen) atoms. The van der Waals surface area contributed by atoms with Gasteiger partial charge in [-0.3, -0.25) is 15.2 Å². The smallest absolute Gasteiger partial charge is 0.277 e. The van der Waals surface area contributed by atoms with Gasteiger partial charge in [-0.25, -0.2) is 5.01 Å². The highest BCUT2D eigenvalue weighted by Gasteiger charge is 2.16. The van der Waals surface area contributed by atoms with Crippen molar-refractivity contribution < 1.29 is 4.79 Å². The standard InChI is InChI=1S/C9H14N4OS/c1-12-2-4-13(5-3-12)11-9(14)8-6-10-7-15-8/h6-7H,2-5H2,1H3,(H,11,14). The number of thiazole rings is 1. The Morgan fingerprint density at radius 1 is 1.47 bits per heavy atom. The number of carbonyl (C=O) groups is 1. The minimum Gasteiger partial charge on any atom is -0.304 e. The van der Waals surface area contributed by atoms with Gasteiger partial charge in [0.05, 0.1) is 11.7 Å². The van der Waals surface area contributed by atoms with Crippen molar-refractivity contribution in [2.75, 3.05) is 33.2 Å². The van der Waals surface area contributed by atoms with Crippen LogP contribution in [0.25, 0.3) is 0 Å². The van der Waals surface area contributed by atoms with Gasteiger partial charge in [0.15, 0.2) is 0 Å². The summed E-state index contributed by atoms with van der Waals surface area (Å²) >= 11 is 1.36. The molecule has 1 N–H and O–H groups in total. The number of aromatic nitrogens is 1. The fourth-order valence-corrected chi connectivity index (χ4v) is 1.95. The summed E-state index contributed by atoms with van der Waals surface area (Å²) < 4.78 is 0.